The van der Waals surface area contributed by atoms with Crippen LogP contribution in [0.2, 0.25) is 0 Å². The maximum atomic E-state index is 14.1. The van der Waals surface area contributed by atoms with E-state index in [2.05, 4.69) is 4.98 Å². The number of thioether (sulfide) groups is 1. The van der Waals surface area contributed by atoms with E-state index < -0.39 is 0 Å². The number of benzene rings is 1. The van der Waals surface area contributed by atoms with Crippen LogP contribution >= 0.6 is 11.8 Å². The number of rotatable bonds is 3. The average molecular weight is 328 g/mol. The van der Waals surface area contributed by atoms with Crippen LogP contribution in [0.15, 0.2) is 28.0 Å². The summed E-state index contributed by atoms with van der Waals surface area (Å²) in [4.78, 5) is 14.9. The molecule has 23 heavy (non-hydrogen) atoms. The Balaban J connectivity index is 1.95. The number of aromatic nitrogens is 1. The molecule has 3 rings (SSSR count). The summed E-state index contributed by atoms with van der Waals surface area (Å²) in [7, 11) is 0. The van der Waals surface area contributed by atoms with Gasteiger partial charge in [0.1, 0.15) is 17.4 Å². The molecule has 1 aliphatic carbocycles. The number of hydrogen-bond acceptors (Lipinski definition) is 3. The Bertz CT molecular complexity index is 851. The third-order valence-corrected chi connectivity index (χ3v) is 5.35. The van der Waals surface area contributed by atoms with Gasteiger partial charge in [0.05, 0.1) is 5.03 Å². The second-order valence-corrected chi connectivity index (χ2v) is 6.76. The maximum absolute atomic E-state index is 14.1. The number of pyridine rings is 1. The zero-order valence-electron chi connectivity index (χ0n) is 12.9. The van der Waals surface area contributed by atoms with Crippen LogP contribution in [-0.2, 0) is 18.6 Å². The van der Waals surface area contributed by atoms with Crippen molar-refractivity contribution in [3.63, 3.8) is 0 Å². The average Bonchev–Trinajstić information content (AvgIpc) is 2.56. The number of fused-ring (bicyclic) bond motifs is 1. The van der Waals surface area contributed by atoms with Crippen molar-refractivity contribution < 1.29 is 4.39 Å². The van der Waals surface area contributed by atoms with Gasteiger partial charge in [0.25, 0.3) is 5.56 Å². The van der Waals surface area contributed by atoms with Gasteiger partial charge < -0.3 is 4.98 Å². The fraction of sp³-hybridized carbons (Fsp3) is 0.333. The SMILES string of the molecule is Cc1cccc(CSc2[nH]c(=O)c(C#N)c3c2CCCC3)c1F. The molecule has 0 radical (unpaired) electrons. The molecule has 1 aromatic carbocycles. The van der Waals surface area contributed by atoms with E-state index in [0.717, 1.165) is 41.8 Å². The molecule has 0 fully saturated rings. The fourth-order valence-corrected chi connectivity index (χ4v) is 4.11. The number of aryl methyl sites for hydroxylation is 1. The molecule has 0 amide bonds. The molecule has 0 atom stereocenters. The van der Waals surface area contributed by atoms with E-state index in [1.807, 2.05) is 12.1 Å². The first-order valence-electron chi connectivity index (χ1n) is 7.66. The minimum Gasteiger partial charge on any atom is -0.316 e. The van der Waals surface area contributed by atoms with Crippen molar-refractivity contribution in [2.45, 2.75) is 43.4 Å². The molecule has 0 spiro atoms. The van der Waals surface area contributed by atoms with Crippen molar-refractivity contribution in [1.82, 2.24) is 4.98 Å². The number of H-pyrrole nitrogens is 1. The van der Waals surface area contributed by atoms with Gasteiger partial charge in [0.2, 0.25) is 0 Å². The second-order valence-electron chi connectivity index (χ2n) is 5.77. The molecule has 0 saturated heterocycles. The lowest BCUT2D eigenvalue weighted by Crippen LogP contribution is -2.20. The zero-order chi connectivity index (χ0) is 16.4. The summed E-state index contributed by atoms with van der Waals surface area (Å²) >= 11 is 1.44. The van der Waals surface area contributed by atoms with E-state index in [1.54, 1.807) is 19.1 Å². The number of nitrogens with one attached hydrogen (secondary N) is 1. The predicted molar refractivity (Wildman–Crippen MR) is 89.1 cm³/mol. The Morgan fingerprint density at radius 2 is 2.04 bits per heavy atom. The lowest BCUT2D eigenvalue weighted by molar-refractivity contribution is 0.608. The second kappa shape index (κ2) is 6.59. The summed E-state index contributed by atoms with van der Waals surface area (Å²) in [6.07, 6.45) is 3.69. The quantitative estimate of drug-likeness (QED) is 0.870. The van der Waals surface area contributed by atoms with E-state index in [0.29, 0.717) is 16.9 Å². The van der Waals surface area contributed by atoms with Gasteiger partial charge in [-0.3, -0.25) is 4.79 Å². The van der Waals surface area contributed by atoms with Crippen LogP contribution in [0, 0.1) is 24.1 Å². The van der Waals surface area contributed by atoms with Crippen LogP contribution < -0.4 is 5.56 Å². The molecular formula is C18H17FN2OS. The van der Waals surface area contributed by atoms with Gasteiger partial charge in [-0.05, 0) is 54.9 Å². The van der Waals surface area contributed by atoms with Gasteiger partial charge in [-0.25, -0.2) is 4.39 Å². The highest BCUT2D eigenvalue weighted by atomic mass is 32.2. The number of halogens is 1. The first kappa shape index (κ1) is 15.8. The van der Waals surface area contributed by atoms with Crippen molar-refractivity contribution >= 4 is 11.8 Å². The maximum Gasteiger partial charge on any atom is 0.267 e. The Hall–Kier alpha value is -2.06. The van der Waals surface area contributed by atoms with Crippen molar-refractivity contribution in [3.8, 4) is 6.07 Å². The van der Waals surface area contributed by atoms with Crippen molar-refractivity contribution in [2.24, 2.45) is 0 Å². The number of nitriles is 1. The smallest absolute Gasteiger partial charge is 0.267 e. The zero-order valence-corrected chi connectivity index (χ0v) is 13.7. The molecule has 5 heteroatoms. The highest BCUT2D eigenvalue weighted by molar-refractivity contribution is 7.98. The van der Waals surface area contributed by atoms with Gasteiger partial charge >= 0.3 is 0 Å². The minimum atomic E-state index is -0.333. The van der Waals surface area contributed by atoms with E-state index >= 15 is 0 Å². The Morgan fingerprint density at radius 3 is 2.78 bits per heavy atom. The third kappa shape index (κ3) is 3.04. The van der Waals surface area contributed by atoms with Crippen LogP contribution in [0.4, 0.5) is 4.39 Å². The molecule has 2 aromatic rings. The van der Waals surface area contributed by atoms with Gasteiger partial charge in [-0.1, -0.05) is 18.2 Å². The largest absolute Gasteiger partial charge is 0.316 e. The van der Waals surface area contributed by atoms with Crippen molar-refractivity contribution in [2.75, 3.05) is 0 Å². The Labute approximate surface area is 138 Å². The summed E-state index contributed by atoms with van der Waals surface area (Å²) in [5.74, 6) is 0.270. The first-order valence-corrected chi connectivity index (χ1v) is 8.65. The van der Waals surface area contributed by atoms with Gasteiger partial charge in [-0.2, -0.15) is 5.26 Å². The summed E-state index contributed by atoms with van der Waals surface area (Å²) < 4.78 is 14.1. The van der Waals surface area contributed by atoms with Crippen LogP contribution in [0.5, 0.6) is 0 Å². The Morgan fingerprint density at radius 1 is 1.30 bits per heavy atom. The lowest BCUT2D eigenvalue weighted by atomic mass is 9.90. The predicted octanol–water partition coefficient (Wildman–Crippen LogP) is 3.87. The Kier molecular flexibility index (Phi) is 4.53. The lowest BCUT2D eigenvalue weighted by Gasteiger charge is -2.19. The van der Waals surface area contributed by atoms with Crippen LogP contribution in [0.3, 0.4) is 0 Å². The number of hydrogen-bond donors (Lipinski definition) is 1. The molecular weight excluding hydrogens is 311 g/mol. The topological polar surface area (TPSA) is 56.6 Å². The van der Waals surface area contributed by atoms with Crippen molar-refractivity contribution in [1.29, 1.82) is 5.26 Å². The first-order chi connectivity index (χ1) is 11.1. The number of aromatic amines is 1. The summed E-state index contributed by atoms with van der Waals surface area (Å²) in [5, 5.41) is 10.00. The summed E-state index contributed by atoms with van der Waals surface area (Å²) in [6, 6.07) is 7.38. The minimum absolute atomic E-state index is 0.190. The molecule has 1 heterocycles. The van der Waals surface area contributed by atoms with Crippen LogP contribution in [0.1, 0.15) is 40.7 Å². The standard InChI is InChI=1S/C18H17FN2OS/c1-11-5-4-6-12(16(11)19)10-23-18-14-8-3-2-7-13(14)15(9-20)17(22)21-18/h4-6H,2-3,7-8,10H2,1H3,(H,21,22). The molecule has 1 aliphatic rings. The molecule has 0 bridgehead atoms. The van der Waals surface area contributed by atoms with Crippen LogP contribution in [-0.4, -0.2) is 4.98 Å². The highest BCUT2D eigenvalue weighted by Crippen LogP contribution is 2.32. The molecule has 0 unspecified atom stereocenters. The number of nitrogens with zero attached hydrogens (tertiary/aromatic N) is 1. The van der Waals surface area contributed by atoms with Gasteiger partial charge in [-0.15, -0.1) is 11.8 Å². The van der Waals surface area contributed by atoms with Crippen molar-refractivity contribution in [3.05, 3.63) is 62.2 Å². The van der Waals surface area contributed by atoms with Gasteiger partial charge in [0.15, 0.2) is 0 Å². The summed E-state index contributed by atoms with van der Waals surface area (Å²) in [6.45, 7) is 1.74. The van der Waals surface area contributed by atoms with E-state index in [-0.39, 0.29) is 16.9 Å². The third-order valence-electron chi connectivity index (χ3n) is 4.25. The van der Waals surface area contributed by atoms with Crippen LogP contribution in [0.25, 0.3) is 0 Å². The molecule has 1 aromatic heterocycles. The normalized spacial score (nSPS) is 13.4. The monoisotopic (exact) mass is 328 g/mol. The summed E-state index contributed by atoms with van der Waals surface area (Å²) in [5.41, 5.74) is 3.11. The molecule has 1 N–H and O–H groups in total. The van der Waals surface area contributed by atoms with E-state index in [1.165, 1.54) is 11.8 Å². The molecule has 118 valence electrons. The molecule has 3 nitrogen and oxygen atoms in total. The molecule has 0 aliphatic heterocycles. The van der Waals surface area contributed by atoms with E-state index in [9.17, 15) is 14.4 Å². The molecule has 0 saturated carbocycles. The fourth-order valence-electron chi connectivity index (χ4n) is 3.02. The van der Waals surface area contributed by atoms with E-state index in [4.69, 9.17) is 0 Å². The highest BCUT2D eigenvalue weighted by Gasteiger charge is 2.20. The van der Waals surface area contributed by atoms with Gasteiger partial charge in [0, 0.05) is 5.75 Å².